The second-order valence-corrected chi connectivity index (χ2v) is 7.11. The van der Waals surface area contributed by atoms with E-state index in [-0.39, 0.29) is 5.41 Å². The lowest BCUT2D eigenvalue weighted by molar-refractivity contribution is -0.140. The molecule has 0 aliphatic heterocycles. The Morgan fingerprint density at radius 3 is 2.25 bits per heavy atom. The molecule has 1 amide bonds. The van der Waals surface area contributed by atoms with Crippen molar-refractivity contribution >= 4 is 12.1 Å². The standard InChI is InChI=1S/C15H27NO4/c1-14(2,3)20-13(19)16-11(12(17)18)10-15(4)8-6-5-7-9-15/h11H,5-10H2,1-4H3,(H,16,19)(H,17,18)/t11-/m0/s1. The number of rotatable bonds is 4. The van der Waals surface area contributed by atoms with Crippen molar-refractivity contribution in [2.24, 2.45) is 5.41 Å². The number of carbonyl (C=O) groups excluding carboxylic acids is 1. The van der Waals surface area contributed by atoms with Crippen LogP contribution in [0.4, 0.5) is 4.79 Å². The molecule has 1 aliphatic rings. The highest BCUT2D eigenvalue weighted by molar-refractivity contribution is 5.80. The Morgan fingerprint density at radius 1 is 1.25 bits per heavy atom. The lowest BCUT2D eigenvalue weighted by Gasteiger charge is -2.35. The van der Waals surface area contributed by atoms with Crippen molar-refractivity contribution in [3.05, 3.63) is 0 Å². The van der Waals surface area contributed by atoms with E-state index in [1.165, 1.54) is 6.42 Å². The van der Waals surface area contributed by atoms with E-state index < -0.39 is 23.7 Å². The molecule has 1 fully saturated rings. The summed E-state index contributed by atoms with van der Waals surface area (Å²) < 4.78 is 5.13. The minimum absolute atomic E-state index is 0.00365. The maximum Gasteiger partial charge on any atom is 0.408 e. The molecule has 0 heterocycles. The largest absolute Gasteiger partial charge is 0.480 e. The van der Waals surface area contributed by atoms with Crippen LogP contribution < -0.4 is 5.32 Å². The molecule has 0 bridgehead atoms. The molecule has 0 radical (unpaired) electrons. The highest BCUT2D eigenvalue weighted by Crippen LogP contribution is 2.39. The van der Waals surface area contributed by atoms with Gasteiger partial charge in [-0.05, 0) is 45.4 Å². The van der Waals surface area contributed by atoms with Gasteiger partial charge in [0.15, 0.2) is 0 Å². The minimum atomic E-state index is -0.998. The van der Waals surface area contributed by atoms with Gasteiger partial charge in [0.1, 0.15) is 11.6 Å². The van der Waals surface area contributed by atoms with Gasteiger partial charge in [-0.2, -0.15) is 0 Å². The van der Waals surface area contributed by atoms with Crippen LogP contribution >= 0.6 is 0 Å². The Bertz CT molecular complexity index is 353. The van der Waals surface area contributed by atoms with Crippen molar-refractivity contribution in [3.63, 3.8) is 0 Å². The molecule has 0 aromatic carbocycles. The molecule has 2 N–H and O–H groups in total. The fraction of sp³-hybridized carbons (Fsp3) is 0.867. The number of ether oxygens (including phenoxy) is 1. The van der Waals surface area contributed by atoms with Gasteiger partial charge in [-0.3, -0.25) is 0 Å². The van der Waals surface area contributed by atoms with Gasteiger partial charge in [0.05, 0.1) is 0 Å². The lowest BCUT2D eigenvalue weighted by atomic mass is 9.72. The summed E-state index contributed by atoms with van der Waals surface area (Å²) in [6, 6.07) is -0.882. The monoisotopic (exact) mass is 285 g/mol. The Morgan fingerprint density at radius 2 is 1.80 bits per heavy atom. The lowest BCUT2D eigenvalue weighted by Crippen LogP contribution is -2.46. The van der Waals surface area contributed by atoms with E-state index >= 15 is 0 Å². The number of hydrogen-bond acceptors (Lipinski definition) is 3. The van der Waals surface area contributed by atoms with Crippen molar-refractivity contribution in [2.75, 3.05) is 0 Å². The first-order valence-electron chi connectivity index (χ1n) is 7.34. The van der Waals surface area contributed by atoms with Gasteiger partial charge in [-0.25, -0.2) is 9.59 Å². The molecule has 0 unspecified atom stereocenters. The molecule has 0 aromatic heterocycles. The average Bonchev–Trinajstić information content (AvgIpc) is 2.25. The summed E-state index contributed by atoms with van der Waals surface area (Å²) in [7, 11) is 0. The molecule has 116 valence electrons. The fourth-order valence-electron chi connectivity index (χ4n) is 2.75. The van der Waals surface area contributed by atoms with Gasteiger partial charge in [0, 0.05) is 0 Å². The normalized spacial score (nSPS) is 20.0. The van der Waals surface area contributed by atoms with Gasteiger partial charge in [-0.1, -0.05) is 26.2 Å². The van der Waals surface area contributed by atoms with Gasteiger partial charge in [0.2, 0.25) is 0 Å². The number of nitrogens with one attached hydrogen (secondary N) is 1. The van der Waals surface area contributed by atoms with E-state index in [9.17, 15) is 14.7 Å². The Hall–Kier alpha value is -1.26. The maximum absolute atomic E-state index is 11.7. The van der Waals surface area contributed by atoms with Gasteiger partial charge >= 0.3 is 12.1 Å². The topological polar surface area (TPSA) is 75.6 Å². The molecule has 1 atom stereocenters. The van der Waals surface area contributed by atoms with Crippen LogP contribution in [-0.4, -0.2) is 28.8 Å². The van der Waals surface area contributed by atoms with Crippen molar-refractivity contribution in [2.45, 2.75) is 77.9 Å². The van der Waals surface area contributed by atoms with E-state index in [1.807, 2.05) is 0 Å². The number of amides is 1. The molecule has 0 spiro atoms. The van der Waals surface area contributed by atoms with Gasteiger partial charge < -0.3 is 15.2 Å². The third kappa shape index (κ3) is 5.80. The number of carboxylic acids is 1. The van der Waals surface area contributed by atoms with E-state index in [1.54, 1.807) is 20.8 Å². The van der Waals surface area contributed by atoms with Crippen LogP contribution in [0.15, 0.2) is 0 Å². The third-order valence-corrected chi connectivity index (χ3v) is 3.75. The molecule has 1 aliphatic carbocycles. The zero-order chi connectivity index (χ0) is 15.4. The SMILES string of the molecule is CC1(C[C@H](NC(=O)OC(C)(C)C)C(=O)O)CCCCC1. The molecule has 20 heavy (non-hydrogen) atoms. The van der Waals surface area contributed by atoms with Crippen LogP contribution in [0.2, 0.25) is 0 Å². The summed E-state index contributed by atoms with van der Waals surface area (Å²) in [6.45, 7) is 7.37. The van der Waals surface area contributed by atoms with E-state index in [2.05, 4.69) is 12.2 Å². The highest BCUT2D eigenvalue weighted by Gasteiger charge is 2.34. The molecule has 0 aromatic rings. The number of carbonyl (C=O) groups is 2. The third-order valence-electron chi connectivity index (χ3n) is 3.75. The first kappa shape index (κ1) is 16.8. The molecule has 1 rings (SSSR count). The summed E-state index contributed by atoms with van der Waals surface area (Å²) in [4.78, 5) is 23.1. The minimum Gasteiger partial charge on any atom is -0.480 e. The molecule has 1 saturated carbocycles. The Labute approximate surface area is 121 Å². The summed E-state index contributed by atoms with van der Waals surface area (Å²) >= 11 is 0. The van der Waals surface area contributed by atoms with Crippen LogP contribution in [-0.2, 0) is 9.53 Å². The first-order chi connectivity index (χ1) is 9.11. The predicted octanol–water partition coefficient (Wildman–Crippen LogP) is 3.32. The molecular weight excluding hydrogens is 258 g/mol. The molecule has 5 heteroatoms. The summed E-state index contributed by atoms with van der Waals surface area (Å²) in [5, 5.41) is 11.8. The molecule has 0 saturated heterocycles. The second-order valence-electron chi connectivity index (χ2n) is 7.11. The summed E-state index contributed by atoms with van der Waals surface area (Å²) in [6.07, 6.45) is 5.32. The van der Waals surface area contributed by atoms with Gasteiger partial charge in [0.25, 0.3) is 0 Å². The van der Waals surface area contributed by atoms with E-state index in [0.717, 1.165) is 25.7 Å². The van der Waals surface area contributed by atoms with Crippen LogP contribution in [0.25, 0.3) is 0 Å². The number of alkyl carbamates (subject to hydrolysis) is 1. The zero-order valence-electron chi connectivity index (χ0n) is 13.0. The first-order valence-corrected chi connectivity index (χ1v) is 7.34. The summed E-state index contributed by atoms with van der Waals surface area (Å²) in [5.41, 5.74) is -0.627. The molecular formula is C15H27NO4. The van der Waals surface area contributed by atoms with Crippen molar-refractivity contribution in [3.8, 4) is 0 Å². The average molecular weight is 285 g/mol. The fourth-order valence-corrected chi connectivity index (χ4v) is 2.75. The van der Waals surface area contributed by atoms with E-state index in [0.29, 0.717) is 6.42 Å². The maximum atomic E-state index is 11.7. The van der Waals surface area contributed by atoms with Crippen LogP contribution in [0, 0.1) is 5.41 Å². The van der Waals surface area contributed by atoms with Crippen LogP contribution in [0.5, 0.6) is 0 Å². The van der Waals surface area contributed by atoms with Crippen LogP contribution in [0.1, 0.15) is 66.2 Å². The highest BCUT2D eigenvalue weighted by atomic mass is 16.6. The number of hydrogen-bond donors (Lipinski definition) is 2. The van der Waals surface area contributed by atoms with E-state index in [4.69, 9.17) is 4.74 Å². The quantitative estimate of drug-likeness (QED) is 0.830. The van der Waals surface area contributed by atoms with Crippen molar-refractivity contribution < 1.29 is 19.4 Å². The molecule has 5 nitrogen and oxygen atoms in total. The van der Waals surface area contributed by atoms with Gasteiger partial charge in [-0.15, -0.1) is 0 Å². The smallest absolute Gasteiger partial charge is 0.408 e. The van der Waals surface area contributed by atoms with Crippen LogP contribution in [0.3, 0.4) is 0 Å². The Kier molecular flexibility index (Phi) is 5.42. The van der Waals surface area contributed by atoms with Crippen molar-refractivity contribution in [1.82, 2.24) is 5.32 Å². The zero-order valence-corrected chi connectivity index (χ0v) is 13.0. The summed E-state index contributed by atoms with van der Waals surface area (Å²) in [5.74, 6) is -0.998. The number of aliphatic carboxylic acids is 1. The van der Waals surface area contributed by atoms with Crippen molar-refractivity contribution in [1.29, 1.82) is 0 Å². The number of carboxylic acid groups (broad SMARTS) is 1. The predicted molar refractivity (Wildman–Crippen MR) is 76.6 cm³/mol. The second kappa shape index (κ2) is 6.46. The Balaban J connectivity index is 2.60.